The number of aromatic nitrogens is 4. The Morgan fingerprint density at radius 2 is 2.38 bits per heavy atom. The van der Waals surface area contributed by atoms with E-state index in [1.54, 1.807) is 12.5 Å². The Hall–Kier alpha value is -1.65. The van der Waals surface area contributed by atoms with E-state index in [0.717, 1.165) is 17.9 Å². The van der Waals surface area contributed by atoms with Crippen LogP contribution in [0.4, 0.5) is 5.82 Å². The van der Waals surface area contributed by atoms with Gasteiger partial charge in [-0.15, -0.1) is 10.2 Å². The van der Waals surface area contributed by atoms with Gasteiger partial charge in [0.15, 0.2) is 5.82 Å². The number of nitrogens with one attached hydrogen (secondary N) is 1. The van der Waals surface area contributed by atoms with Crippen molar-refractivity contribution in [1.29, 1.82) is 0 Å². The minimum Gasteiger partial charge on any atom is -0.361 e. The lowest BCUT2D eigenvalue weighted by Gasteiger charge is -2.42. The molecule has 0 saturated heterocycles. The summed E-state index contributed by atoms with van der Waals surface area (Å²) in [6, 6.07) is 0. The predicted molar refractivity (Wildman–Crippen MR) is 61.3 cm³/mol. The third-order valence-electron chi connectivity index (χ3n) is 3.59. The molecule has 1 aliphatic carbocycles. The van der Waals surface area contributed by atoms with Crippen LogP contribution in [0.2, 0.25) is 0 Å². The molecule has 2 aromatic rings. The highest BCUT2D eigenvalue weighted by atomic mass is 15.3. The Bertz CT molecular complexity index is 494. The van der Waals surface area contributed by atoms with Crippen LogP contribution < -0.4 is 5.32 Å². The highest BCUT2D eigenvalue weighted by molar-refractivity contribution is 5.62. The van der Waals surface area contributed by atoms with E-state index in [-0.39, 0.29) is 5.54 Å². The van der Waals surface area contributed by atoms with E-state index in [1.165, 1.54) is 19.3 Å². The summed E-state index contributed by atoms with van der Waals surface area (Å²) in [7, 11) is 0. The molecule has 1 N–H and O–H groups in total. The topological polar surface area (TPSA) is 55.1 Å². The smallest absolute Gasteiger partial charge is 0.203 e. The van der Waals surface area contributed by atoms with Crippen LogP contribution in [-0.2, 0) is 0 Å². The first-order valence-electron chi connectivity index (χ1n) is 5.75. The third-order valence-corrected chi connectivity index (χ3v) is 3.59. The van der Waals surface area contributed by atoms with Crippen LogP contribution in [0, 0.1) is 0 Å². The fourth-order valence-electron chi connectivity index (χ4n) is 2.27. The van der Waals surface area contributed by atoms with Crippen LogP contribution in [0.15, 0.2) is 18.7 Å². The maximum atomic E-state index is 4.36. The molecule has 16 heavy (non-hydrogen) atoms. The number of hydrogen-bond acceptors (Lipinski definition) is 4. The van der Waals surface area contributed by atoms with E-state index in [1.807, 2.05) is 10.6 Å². The average Bonchev–Trinajstić information content (AvgIpc) is 2.72. The molecule has 0 atom stereocenters. The number of hydrogen-bond donors (Lipinski definition) is 1. The highest BCUT2D eigenvalue weighted by Crippen LogP contribution is 2.37. The third kappa shape index (κ3) is 1.35. The fraction of sp³-hybridized carbons (Fsp3) is 0.545. The Balaban J connectivity index is 1.96. The highest BCUT2D eigenvalue weighted by Gasteiger charge is 2.35. The van der Waals surface area contributed by atoms with Crippen LogP contribution in [0.5, 0.6) is 0 Å². The fourth-order valence-corrected chi connectivity index (χ4v) is 2.27. The summed E-state index contributed by atoms with van der Waals surface area (Å²) in [5.41, 5.74) is 1.04. The number of fused-ring (bicyclic) bond motifs is 1. The maximum absolute atomic E-state index is 4.36. The molecule has 2 aromatic heterocycles. The van der Waals surface area contributed by atoms with E-state index in [4.69, 9.17) is 0 Å². The Labute approximate surface area is 93.9 Å². The number of rotatable bonds is 3. The molecule has 0 aromatic carbocycles. The molecule has 0 bridgehead atoms. The Kier molecular flexibility index (Phi) is 2.05. The van der Waals surface area contributed by atoms with Crippen molar-refractivity contribution in [3.05, 3.63) is 18.7 Å². The molecule has 0 aliphatic heterocycles. The Morgan fingerprint density at radius 1 is 1.50 bits per heavy atom. The van der Waals surface area contributed by atoms with E-state index in [0.29, 0.717) is 0 Å². The second-order valence-electron chi connectivity index (χ2n) is 4.45. The molecule has 0 amide bonds. The summed E-state index contributed by atoms with van der Waals surface area (Å²) < 4.78 is 1.89. The first kappa shape index (κ1) is 9.57. The van der Waals surface area contributed by atoms with Gasteiger partial charge < -0.3 is 5.32 Å². The molecule has 5 nitrogen and oxygen atoms in total. The molecule has 2 heterocycles. The quantitative estimate of drug-likeness (QED) is 0.852. The molecule has 1 aliphatic rings. The molecule has 1 saturated carbocycles. The molecule has 0 unspecified atom stereocenters. The van der Waals surface area contributed by atoms with Gasteiger partial charge in [0.2, 0.25) is 5.65 Å². The zero-order chi connectivity index (χ0) is 11.0. The van der Waals surface area contributed by atoms with Crippen molar-refractivity contribution in [2.45, 2.75) is 38.1 Å². The van der Waals surface area contributed by atoms with E-state index in [9.17, 15) is 0 Å². The van der Waals surface area contributed by atoms with Crippen molar-refractivity contribution in [1.82, 2.24) is 19.6 Å². The van der Waals surface area contributed by atoms with E-state index in [2.05, 4.69) is 27.4 Å². The first-order chi connectivity index (χ1) is 7.83. The van der Waals surface area contributed by atoms with Crippen molar-refractivity contribution >= 4 is 11.5 Å². The molecule has 5 heteroatoms. The number of anilines is 1. The second-order valence-corrected chi connectivity index (χ2v) is 4.45. The van der Waals surface area contributed by atoms with Gasteiger partial charge in [-0.05, 0) is 25.7 Å². The van der Waals surface area contributed by atoms with Crippen molar-refractivity contribution in [3.8, 4) is 0 Å². The SMILES string of the molecule is CCC1(Nc2nccn3cnnc23)CCC1. The molecular weight excluding hydrogens is 202 g/mol. The predicted octanol–water partition coefficient (Wildman–Crippen LogP) is 1.87. The lowest BCUT2D eigenvalue weighted by atomic mass is 9.75. The summed E-state index contributed by atoms with van der Waals surface area (Å²) in [6.45, 7) is 2.22. The van der Waals surface area contributed by atoms with Crippen LogP contribution in [0.25, 0.3) is 5.65 Å². The van der Waals surface area contributed by atoms with Gasteiger partial charge in [0, 0.05) is 17.9 Å². The summed E-state index contributed by atoms with van der Waals surface area (Å²) in [5.74, 6) is 0.849. The van der Waals surface area contributed by atoms with E-state index < -0.39 is 0 Å². The summed E-state index contributed by atoms with van der Waals surface area (Å²) in [6.07, 6.45) is 10.2. The summed E-state index contributed by atoms with van der Waals surface area (Å²) in [5, 5.41) is 11.5. The average molecular weight is 217 g/mol. The van der Waals surface area contributed by atoms with Gasteiger partial charge in [0.25, 0.3) is 0 Å². The minimum absolute atomic E-state index is 0.237. The number of nitrogens with zero attached hydrogens (tertiary/aromatic N) is 4. The molecular formula is C11H15N5. The van der Waals surface area contributed by atoms with Gasteiger partial charge in [-0.3, -0.25) is 4.40 Å². The normalized spacial score (nSPS) is 18.3. The van der Waals surface area contributed by atoms with Gasteiger partial charge in [0.1, 0.15) is 6.33 Å². The van der Waals surface area contributed by atoms with Crippen molar-refractivity contribution in [3.63, 3.8) is 0 Å². The summed E-state index contributed by atoms with van der Waals surface area (Å²) >= 11 is 0. The van der Waals surface area contributed by atoms with Crippen molar-refractivity contribution in [2.24, 2.45) is 0 Å². The van der Waals surface area contributed by atoms with Gasteiger partial charge in [-0.25, -0.2) is 4.98 Å². The first-order valence-corrected chi connectivity index (χ1v) is 5.75. The van der Waals surface area contributed by atoms with Crippen LogP contribution in [-0.4, -0.2) is 25.1 Å². The van der Waals surface area contributed by atoms with E-state index >= 15 is 0 Å². The van der Waals surface area contributed by atoms with Crippen LogP contribution in [0.1, 0.15) is 32.6 Å². The van der Waals surface area contributed by atoms with Crippen molar-refractivity contribution in [2.75, 3.05) is 5.32 Å². The molecule has 1 fully saturated rings. The lowest BCUT2D eigenvalue weighted by molar-refractivity contribution is 0.269. The molecule has 0 radical (unpaired) electrons. The molecule has 0 spiro atoms. The van der Waals surface area contributed by atoms with Gasteiger partial charge in [-0.1, -0.05) is 6.92 Å². The zero-order valence-corrected chi connectivity index (χ0v) is 9.35. The summed E-state index contributed by atoms with van der Waals surface area (Å²) in [4.78, 5) is 4.36. The van der Waals surface area contributed by atoms with Crippen LogP contribution in [0.3, 0.4) is 0 Å². The second kappa shape index (κ2) is 3.43. The standard InChI is InChI=1S/C11H15N5/c1-2-11(4-3-5-11)14-9-10-15-13-8-16(10)7-6-12-9/h6-8H,2-5H2,1H3,(H,12,14). The van der Waals surface area contributed by atoms with Gasteiger partial charge in [-0.2, -0.15) is 0 Å². The van der Waals surface area contributed by atoms with Gasteiger partial charge >= 0.3 is 0 Å². The van der Waals surface area contributed by atoms with Crippen LogP contribution >= 0.6 is 0 Å². The monoisotopic (exact) mass is 217 g/mol. The molecule has 84 valence electrons. The zero-order valence-electron chi connectivity index (χ0n) is 9.35. The van der Waals surface area contributed by atoms with Crippen molar-refractivity contribution < 1.29 is 0 Å². The Morgan fingerprint density at radius 3 is 3.06 bits per heavy atom. The lowest BCUT2D eigenvalue weighted by Crippen LogP contribution is -2.44. The van der Waals surface area contributed by atoms with Gasteiger partial charge in [0.05, 0.1) is 0 Å². The largest absolute Gasteiger partial charge is 0.361 e. The molecule has 3 rings (SSSR count). The maximum Gasteiger partial charge on any atom is 0.203 e. The minimum atomic E-state index is 0.237.